The van der Waals surface area contributed by atoms with Gasteiger partial charge in [0.05, 0.1) is 11.9 Å². The average molecular weight is 377 g/mol. The summed E-state index contributed by atoms with van der Waals surface area (Å²) < 4.78 is 27.6. The summed E-state index contributed by atoms with van der Waals surface area (Å²) in [4.78, 5) is 6.77. The van der Waals surface area contributed by atoms with E-state index in [1.54, 1.807) is 12.1 Å². The second kappa shape index (κ2) is 5.27. The van der Waals surface area contributed by atoms with Crippen LogP contribution in [0.5, 0.6) is 0 Å². The van der Waals surface area contributed by atoms with Crippen LogP contribution in [-0.4, -0.2) is 18.4 Å². The summed E-state index contributed by atoms with van der Waals surface area (Å²) in [6.45, 7) is 1.91. The van der Waals surface area contributed by atoms with Gasteiger partial charge in [0.25, 0.3) is 10.0 Å². The molecule has 0 atom stereocenters. The number of para-hydroxylation sites is 1. The van der Waals surface area contributed by atoms with Crippen LogP contribution in [0.2, 0.25) is 0 Å². The molecule has 0 unspecified atom stereocenters. The minimum absolute atomic E-state index is 0.0824. The largest absolute Gasteiger partial charge is 0.332 e. The lowest BCUT2D eigenvalue weighted by Gasteiger charge is -2.07. The van der Waals surface area contributed by atoms with Crippen LogP contribution in [-0.2, 0) is 16.4 Å². The molecule has 7 heteroatoms. The van der Waals surface area contributed by atoms with Crippen LogP contribution >= 0.6 is 22.6 Å². The molecule has 0 amide bonds. The molecule has 96 valence electrons. The monoisotopic (exact) mass is 377 g/mol. The zero-order chi connectivity index (χ0) is 13.2. The summed E-state index contributed by atoms with van der Waals surface area (Å²) in [6.07, 6.45) is 2.00. The summed E-state index contributed by atoms with van der Waals surface area (Å²) in [5.74, 6) is 0.651. The third kappa shape index (κ3) is 2.83. The predicted octanol–water partition coefficient (Wildman–Crippen LogP) is 2.38. The van der Waals surface area contributed by atoms with E-state index in [0.29, 0.717) is 17.9 Å². The molecule has 1 aromatic carbocycles. The molecular weight excluding hydrogens is 365 g/mol. The molecule has 0 bridgehead atoms. The van der Waals surface area contributed by atoms with Crippen molar-refractivity contribution in [2.45, 2.75) is 18.4 Å². The Kier molecular flexibility index (Phi) is 3.91. The van der Waals surface area contributed by atoms with Gasteiger partial charge in [0.1, 0.15) is 5.82 Å². The first-order valence-corrected chi connectivity index (χ1v) is 7.90. The maximum absolute atomic E-state index is 12.1. The first kappa shape index (κ1) is 13.3. The number of rotatable bonds is 4. The van der Waals surface area contributed by atoms with Crippen LogP contribution in [0.4, 0.5) is 5.69 Å². The lowest BCUT2D eigenvalue weighted by molar-refractivity contribution is 0.598. The zero-order valence-corrected chi connectivity index (χ0v) is 12.6. The standard InChI is InChI=1S/C11H12IN3O2S/c1-2-10-13-7-11(14-10)18(16,17)15-9-6-4-3-5-8(9)12/h3-7,15H,2H2,1H3,(H,13,14). The van der Waals surface area contributed by atoms with Crippen molar-refractivity contribution in [1.82, 2.24) is 9.97 Å². The topological polar surface area (TPSA) is 74.8 Å². The number of aromatic amines is 1. The van der Waals surface area contributed by atoms with E-state index in [-0.39, 0.29) is 5.03 Å². The van der Waals surface area contributed by atoms with Gasteiger partial charge in [-0.2, -0.15) is 8.42 Å². The number of aromatic nitrogens is 2. The van der Waals surface area contributed by atoms with Crippen LogP contribution in [0.3, 0.4) is 0 Å². The predicted molar refractivity (Wildman–Crippen MR) is 77.9 cm³/mol. The minimum atomic E-state index is -3.60. The summed E-state index contributed by atoms with van der Waals surface area (Å²) in [7, 11) is -3.60. The van der Waals surface area contributed by atoms with E-state index in [1.165, 1.54) is 6.20 Å². The molecule has 5 nitrogen and oxygen atoms in total. The van der Waals surface area contributed by atoms with E-state index in [4.69, 9.17) is 0 Å². The van der Waals surface area contributed by atoms with Crippen molar-refractivity contribution >= 4 is 38.3 Å². The van der Waals surface area contributed by atoms with Crippen LogP contribution in [0.25, 0.3) is 0 Å². The SMILES string of the molecule is CCc1ncc(S(=O)(=O)Nc2ccccc2I)[nH]1. The fraction of sp³-hybridized carbons (Fsp3) is 0.182. The van der Waals surface area contributed by atoms with Gasteiger partial charge >= 0.3 is 0 Å². The summed E-state index contributed by atoms with van der Waals surface area (Å²) in [6, 6.07) is 7.19. The number of halogens is 1. The number of benzene rings is 1. The maximum Gasteiger partial charge on any atom is 0.279 e. The molecular formula is C11H12IN3O2S. The van der Waals surface area contributed by atoms with E-state index in [1.807, 2.05) is 19.1 Å². The van der Waals surface area contributed by atoms with Crippen LogP contribution in [0, 0.1) is 3.57 Å². The van der Waals surface area contributed by atoms with Crippen molar-refractivity contribution in [3.8, 4) is 0 Å². The second-order valence-electron chi connectivity index (χ2n) is 3.63. The Morgan fingerprint density at radius 2 is 2.11 bits per heavy atom. The van der Waals surface area contributed by atoms with Gasteiger partial charge in [-0.3, -0.25) is 4.72 Å². The Balaban J connectivity index is 2.30. The highest BCUT2D eigenvalue weighted by Crippen LogP contribution is 2.20. The second-order valence-corrected chi connectivity index (χ2v) is 6.45. The molecule has 1 aromatic heterocycles. The Hall–Kier alpha value is -1.09. The number of aryl methyl sites for hydroxylation is 1. The Morgan fingerprint density at radius 3 is 2.72 bits per heavy atom. The highest BCUT2D eigenvalue weighted by atomic mass is 127. The highest BCUT2D eigenvalue weighted by molar-refractivity contribution is 14.1. The van der Waals surface area contributed by atoms with E-state index in [0.717, 1.165) is 3.57 Å². The van der Waals surface area contributed by atoms with E-state index >= 15 is 0 Å². The molecule has 1 heterocycles. The number of nitrogens with one attached hydrogen (secondary N) is 2. The van der Waals surface area contributed by atoms with E-state index in [2.05, 4.69) is 37.3 Å². The average Bonchev–Trinajstić information content (AvgIpc) is 2.81. The molecule has 0 fully saturated rings. The molecule has 0 aliphatic heterocycles. The number of sulfonamides is 1. The van der Waals surface area contributed by atoms with Gasteiger partial charge in [0.2, 0.25) is 0 Å². The lowest BCUT2D eigenvalue weighted by atomic mass is 10.3. The third-order valence-electron chi connectivity index (χ3n) is 2.35. The summed E-state index contributed by atoms with van der Waals surface area (Å²) in [5.41, 5.74) is 0.561. The van der Waals surface area contributed by atoms with Gasteiger partial charge in [0, 0.05) is 9.99 Å². The molecule has 18 heavy (non-hydrogen) atoms. The van der Waals surface area contributed by atoms with Crippen LogP contribution < -0.4 is 4.72 Å². The van der Waals surface area contributed by atoms with Crippen LogP contribution in [0.1, 0.15) is 12.7 Å². The normalized spacial score (nSPS) is 11.4. The van der Waals surface area contributed by atoms with Gasteiger partial charge < -0.3 is 4.98 Å². The fourth-order valence-electron chi connectivity index (χ4n) is 1.40. The number of hydrogen-bond donors (Lipinski definition) is 2. The Bertz CT molecular complexity index is 652. The molecule has 0 aliphatic carbocycles. The first-order chi connectivity index (χ1) is 8.53. The zero-order valence-electron chi connectivity index (χ0n) is 9.64. The molecule has 0 radical (unpaired) electrons. The molecule has 2 rings (SSSR count). The number of nitrogens with zero attached hydrogens (tertiary/aromatic N) is 1. The quantitative estimate of drug-likeness (QED) is 0.804. The van der Waals surface area contributed by atoms with Crippen molar-refractivity contribution in [3.05, 3.63) is 39.9 Å². The van der Waals surface area contributed by atoms with E-state index < -0.39 is 10.0 Å². The van der Waals surface area contributed by atoms with Crippen molar-refractivity contribution in [2.24, 2.45) is 0 Å². The molecule has 0 spiro atoms. The van der Waals surface area contributed by atoms with Gasteiger partial charge in [0.15, 0.2) is 5.03 Å². The van der Waals surface area contributed by atoms with Crippen molar-refractivity contribution in [3.63, 3.8) is 0 Å². The molecule has 0 saturated carbocycles. The molecule has 0 aliphatic rings. The van der Waals surface area contributed by atoms with Gasteiger partial charge in [-0.05, 0) is 34.7 Å². The maximum atomic E-state index is 12.1. The fourth-order valence-corrected chi connectivity index (χ4v) is 3.13. The summed E-state index contributed by atoms with van der Waals surface area (Å²) in [5, 5.41) is 0.0824. The molecule has 2 N–H and O–H groups in total. The van der Waals surface area contributed by atoms with Crippen molar-refractivity contribution in [1.29, 1.82) is 0 Å². The lowest BCUT2D eigenvalue weighted by Crippen LogP contribution is -2.14. The minimum Gasteiger partial charge on any atom is -0.332 e. The van der Waals surface area contributed by atoms with Crippen LogP contribution in [0.15, 0.2) is 35.5 Å². The molecule has 2 aromatic rings. The van der Waals surface area contributed by atoms with Gasteiger partial charge in [-0.1, -0.05) is 19.1 Å². The van der Waals surface area contributed by atoms with Crippen molar-refractivity contribution in [2.75, 3.05) is 4.72 Å². The van der Waals surface area contributed by atoms with Gasteiger partial charge in [-0.15, -0.1) is 0 Å². The number of anilines is 1. The van der Waals surface area contributed by atoms with Crippen molar-refractivity contribution < 1.29 is 8.42 Å². The first-order valence-electron chi connectivity index (χ1n) is 5.34. The third-order valence-corrected chi connectivity index (χ3v) is 4.56. The number of H-pyrrole nitrogens is 1. The summed E-state index contributed by atoms with van der Waals surface area (Å²) >= 11 is 2.08. The Morgan fingerprint density at radius 1 is 1.39 bits per heavy atom. The molecule has 0 saturated heterocycles. The highest BCUT2D eigenvalue weighted by Gasteiger charge is 2.17. The number of hydrogen-bond acceptors (Lipinski definition) is 3. The Labute approximate surface area is 119 Å². The number of imidazole rings is 1. The van der Waals surface area contributed by atoms with E-state index in [9.17, 15) is 8.42 Å². The smallest absolute Gasteiger partial charge is 0.279 e. The van der Waals surface area contributed by atoms with Gasteiger partial charge in [-0.25, -0.2) is 4.98 Å².